The fourth-order valence-electron chi connectivity index (χ4n) is 1.26. The molecule has 0 amide bonds. The van der Waals surface area contributed by atoms with E-state index in [0.29, 0.717) is 18.9 Å². The van der Waals surface area contributed by atoms with Gasteiger partial charge in [0.1, 0.15) is 5.75 Å². The van der Waals surface area contributed by atoms with Crippen LogP contribution in [0.15, 0.2) is 24.3 Å². The van der Waals surface area contributed by atoms with E-state index in [1.807, 2.05) is 45.0 Å². The molecular weight excluding hydrogens is 234 g/mol. The predicted molar refractivity (Wildman–Crippen MR) is 72.6 cm³/mol. The van der Waals surface area contributed by atoms with Crippen molar-refractivity contribution < 1.29 is 8.95 Å². The monoisotopic (exact) mass is 255 g/mol. The third-order valence-electron chi connectivity index (χ3n) is 2.38. The summed E-state index contributed by atoms with van der Waals surface area (Å²) in [5.74, 6) is 1.36. The molecule has 1 aromatic rings. The number of hydrogen-bond donors (Lipinski definition) is 1. The number of nitrogens with two attached hydrogens (primary N) is 1. The first-order valence-corrected chi connectivity index (χ1v) is 7.05. The van der Waals surface area contributed by atoms with Gasteiger partial charge in [0, 0.05) is 22.1 Å². The summed E-state index contributed by atoms with van der Waals surface area (Å²) in [5, 5.41) is 0. The first-order valence-electron chi connectivity index (χ1n) is 5.74. The lowest BCUT2D eigenvalue weighted by Crippen LogP contribution is -2.26. The highest BCUT2D eigenvalue weighted by Crippen LogP contribution is 2.14. The van der Waals surface area contributed by atoms with E-state index >= 15 is 0 Å². The second-order valence-electron chi connectivity index (χ2n) is 4.86. The summed E-state index contributed by atoms with van der Waals surface area (Å²) in [6, 6.07) is 7.66. The normalized spacial score (nSPS) is 13.4. The molecule has 0 aliphatic carbocycles. The Bertz CT molecular complexity index is 368. The van der Waals surface area contributed by atoms with E-state index in [1.54, 1.807) is 0 Å². The van der Waals surface area contributed by atoms with Crippen molar-refractivity contribution >= 4 is 10.8 Å². The number of rotatable bonds is 5. The maximum Gasteiger partial charge on any atom is 0.119 e. The molecule has 0 radical (unpaired) electrons. The smallest absolute Gasteiger partial charge is 0.119 e. The van der Waals surface area contributed by atoms with Crippen LogP contribution < -0.4 is 10.5 Å². The Morgan fingerprint density at radius 1 is 1.24 bits per heavy atom. The Hall–Kier alpha value is -0.870. The Labute approximate surface area is 106 Å². The molecule has 0 saturated carbocycles. The zero-order valence-corrected chi connectivity index (χ0v) is 11.5. The van der Waals surface area contributed by atoms with E-state index < -0.39 is 10.8 Å². The van der Waals surface area contributed by atoms with Crippen LogP contribution in [0.5, 0.6) is 5.75 Å². The van der Waals surface area contributed by atoms with Crippen LogP contribution in [0, 0.1) is 0 Å². The van der Waals surface area contributed by atoms with Crippen LogP contribution in [0.3, 0.4) is 0 Å². The fourth-order valence-corrected chi connectivity index (χ4v) is 2.11. The fraction of sp³-hybridized carbons (Fsp3) is 0.538. The molecule has 0 aromatic heterocycles. The van der Waals surface area contributed by atoms with Crippen molar-refractivity contribution in [2.45, 2.75) is 32.1 Å². The molecule has 4 heteroatoms. The van der Waals surface area contributed by atoms with Gasteiger partial charge in [0.05, 0.1) is 12.4 Å². The molecule has 2 N–H and O–H groups in total. The van der Waals surface area contributed by atoms with Gasteiger partial charge in [0.15, 0.2) is 0 Å². The van der Waals surface area contributed by atoms with E-state index in [0.717, 1.165) is 11.3 Å². The van der Waals surface area contributed by atoms with Crippen molar-refractivity contribution in [2.24, 2.45) is 5.73 Å². The highest BCUT2D eigenvalue weighted by atomic mass is 32.2. The Kier molecular flexibility index (Phi) is 5.15. The van der Waals surface area contributed by atoms with Crippen LogP contribution in [-0.2, 0) is 17.3 Å². The van der Waals surface area contributed by atoms with Crippen LogP contribution in [0.2, 0.25) is 0 Å². The minimum atomic E-state index is -0.862. The molecule has 17 heavy (non-hydrogen) atoms. The van der Waals surface area contributed by atoms with Crippen molar-refractivity contribution in [2.75, 3.05) is 12.4 Å². The van der Waals surface area contributed by atoms with Gasteiger partial charge in [-0.25, -0.2) is 0 Å². The molecule has 0 fully saturated rings. The summed E-state index contributed by atoms with van der Waals surface area (Å²) in [6.45, 7) is 6.93. The number of hydrogen-bond acceptors (Lipinski definition) is 3. The Morgan fingerprint density at radius 3 is 2.29 bits per heavy atom. The molecule has 0 saturated heterocycles. The van der Waals surface area contributed by atoms with Crippen molar-refractivity contribution in [3.63, 3.8) is 0 Å². The average molecular weight is 255 g/mol. The van der Waals surface area contributed by atoms with Gasteiger partial charge in [-0.15, -0.1) is 0 Å². The van der Waals surface area contributed by atoms with Gasteiger partial charge >= 0.3 is 0 Å². The van der Waals surface area contributed by atoms with Gasteiger partial charge in [0.25, 0.3) is 0 Å². The lowest BCUT2D eigenvalue weighted by Gasteiger charge is -2.17. The van der Waals surface area contributed by atoms with Crippen molar-refractivity contribution in [1.29, 1.82) is 0 Å². The van der Waals surface area contributed by atoms with Crippen LogP contribution in [0.4, 0.5) is 0 Å². The molecule has 1 atom stereocenters. The minimum absolute atomic E-state index is 0.174. The van der Waals surface area contributed by atoms with Crippen LogP contribution in [0.1, 0.15) is 26.3 Å². The molecule has 0 bridgehead atoms. The summed E-state index contributed by atoms with van der Waals surface area (Å²) >= 11 is 0. The summed E-state index contributed by atoms with van der Waals surface area (Å²) in [6.07, 6.45) is 0. The highest BCUT2D eigenvalue weighted by molar-refractivity contribution is 7.86. The van der Waals surface area contributed by atoms with Gasteiger partial charge in [-0.3, -0.25) is 4.21 Å². The molecular formula is C13H21NO2S. The molecule has 3 nitrogen and oxygen atoms in total. The number of benzene rings is 1. The van der Waals surface area contributed by atoms with Crippen molar-refractivity contribution in [3.8, 4) is 5.75 Å². The van der Waals surface area contributed by atoms with Crippen LogP contribution >= 0.6 is 0 Å². The molecule has 1 unspecified atom stereocenters. The van der Waals surface area contributed by atoms with Gasteiger partial charge in [-0.05, 0) is 38.5 Å². The largest absolute Gasteiger partial charge is 0.493 e. The third-order valence-corrected chi connectivity index (χ3v) is 4.28. The second kappa shape index (κ2) is 6.17. The van der Waals surface area contributed by atoms with E-state index in [2.05, 4.69) is 0 Å². The Balaban J connectivity index is 2.38. The lowest BCUT2D eigenvalue weighted by molar-refractivity contribution is 0.342. The van der Waals surface area contributed by atoms with Crippen molar-refractivity contribution in [1.82, 2.24) is 0 Å². The summed E-state index contributed by atoms with van der Waals surface area (Å²) in [4.78, 5) is 0. The topological polar surface area (TPSA) is 52.3 Å². The van der Waals surface area contributed by atoms with Crippen LogP contribution in [-0.4, -0.2) is 21.3 Å². The molecule has 0 aliphatic rings. The third kappa shape index (κ3) is 4.88. The minimum Gasteiger partial charge on any atom is -0.493 e. The first kappa shape index (κ1) is 14.2. The van der Waals surface area contributed by atoms with Gasteiger partial charge < -0.3 is 10.5 Å². The first-order chi connectivity index (χ1) is 7.93. The molecule has 0 aliphatic heterocycles. The zero-order chi connectivity index (χ0) is 12.9. The Morgan fingerprint density at radius 2 is 1.82 bits per heavy atom. The van der Waals surface area contributed by atoms with Gasteiger partial charge in [-0.2, -0.15) is 0 Å². The van der Waals surface area contributed by atoms with E-state index in [4.69, 9.17) is 10.5 Å². The van der Waals surface area contributed by atoms with E-state index in [-0.39, 0.29) is 4.75 Å². The average Bonchev–Trinajstić information content (AvgIpc) is 2.28. The zero-order valence-electron chi connectivity index (χ0n) is 10.7. The van der Waals surface area contributed by atoms with E-state index in [1.165, 1.54) is 0 Å². The quantitative estimate of drug-likeness (QED) is 0.876. The molecule has 1 aromatic carbocycles. The standard InChI is InChI=1S/C13H21NO2S/c1-13(2,3)17(15)9-8-16-12-6-4-11(10-14)5-7-12/h4-7H,8-10,14H2,1-3H3. The maximum absolute atomic E-state index is 11.8. The maximum atomic E-state index is 11.8. The van der Waals surface area contributed by atoms with Crippen molar-refractivity contribution in [3.05, 3.63) is 29.8 Å². The summed E-state index contributed by atoms with van der Waals surface area (Å²) in [7, 11) is -0.862. The number of ether oxygens (including phenoxy) is 1. The molecule has 1 rings (SSSR count). The summed E-state index contributed by atoms with van der Waals surface area (Å²) in [5.41, 5.74) is 6.59. The van der Waals surface area contributed by atoms with Gasteiger partial charge in [0.2, 0.25) is 0 Å². The second-order valence-corrected chi connectivity index (χ2v) is 7.18. The SMILES string of the molecule is CC(C)(C)S(=O)CCOc1ccc(CN)cc1. The lowest BCUT2D eigenvalue weighted by atomic mass is 10.2. The van der Waals surface area contributed by atoms with Gasteiger partial charge in [-0.1, -0.05) is 12.1 Å². The van der Waals surface area contributed by atoms with Crippen LogP contribution in [0.25, 0.3) is 0 Å². The summed E-state index contributed by atoms with van der Waals surface area (Å²) < 4.78 is 17.1. The molecule has 96 valence electrons. The predicted octanol–water partition coefficient (Wildman–Crippen LogP) is 2.07. The molecule has 0 heterocycles. The van der Waals surface area contributed by atoms with E-state index in [9.17, 15) is 4.21 Å². The highest BCUT2D eigenvalue weighted by Gasteiger charge is 2.18. The molecule has 0 spiro atoms.